The Morgan fingerprint density at radius 2 is 2.00 bits per heavy atom. The predicted octanol–water partition coefficient (Wildman–Crippen LogP) is 0.459. The second-order valence-electron chi connectivity index (χ2n) is 6.05. The van der Waals surface area contributed by atoms with E-state index >= 15 is 0 Å². The van der Waals surface area contributed by atoms with Crippen LogP contribution >= 0.6 is 0 Å². The van der Waals surface area contributed by atoms with Gasteiger partial charge >= 0.3 is 5.69 Å². The molecule has 25 heavy (non-hydrogen) atoms. The fraction of sp³-hybridized carbons (Fsp3) is 0.353. The van der Waals surface area contributed by atoms with Gasteiger partial charge in [-0.25, -0.2) is 4.79 Å². The van der Waals surface area contributed by atoms with E-state index in [1.807, 2.05) is 30.3 Å². The van der Waals surface area contributed by atoms with Crippen molar-refractivity contribution in [2.75, 3.05) is 11.9 Å². The molecule has 0 amide bonds. The average molecular weight is 343 g/mol. The molecule has 3 aromatic rings. The van der Waals surface area contributed by atoms with E-state index in [9.17, 15) is 14.7 Å². The van der Waals surface area contributed by atoms with Crippen molar-refractivity contribution in [3.05, 3.63) is 56.7 Å². The van der Waals surface area contributed by atoms with Gasteiger partial charge in [-0.1, -0.05) is 30.3 Å². The van der Waals surface area contributed by atoms with Crippen molar-refractivity contribution < 1.29 is 5.11 Å². The average Bonchev–Trinajstić information content (AvgIpc) is 2.92. The van der Waals surface area contributed by atoms with Crippen LogP contribution in [0.15, 0.2) is 39.9 Å². The maximum atomic E-state index is 12.2. The van der Waals surface area contributed by atoms with Crippen molar-refractivity contribution in [2.24, 2.45) is 7.05 Å². The highest BCUT2D eigenvalue weighted by atomic mass is 16.3. The summed E-state index contributed by atoms with van der Waals surface area (Å²) in [5.74, 6) is 0.457. The third kappa shape index (κ3) is 3.48. The van der Waals surface area contributed by atoms with Crippen LogP contribution in [0.2, 0.25) is 0 Å². The van der Waals surface area contributed by atoms with Crippen molar-refractivity contribution in [3.8, 4) is 0 Å². The summed E-state index contributed by atoms with van der Waals surface area (Å²) in [4.78, 5) is 30.7. The van der Waals surface area contributed by atoms with Gasteiger partial charge in [0.25, 0.3) is 5.56 Å². The summed E-state index contributed by atoms with van der Waals surface area (Å²) in [6, 6.07) is 10.00. The number of fused-ring (bicyclic) bond motifs is 1. The van der Waals surface area contributed by atoms with Gasteiger partial charge < -0.3 is 15.0 Å². The molecule has 2 aromatic heterocycles. The summed E-state index contributed by atoms with van der Waals surface area (Å²) in [6.45, 7) is 2.44. The number of aliphatic hydroxyl groups excluding tert-OH is 1. The lowest BCUT2D eigenvalue weighted by Gasteiger charge is -2.12. The Labute approximate surface area is 143 Å². The first-order chi connectivity index (χ1) is 12.0. The van der Waals surface area contributed by atoms with Gasteiger partial charge in [0.15, 0.2) is 11.2 Å². The van der Waals surface area contributed by atoms with Gasteiger partial charge in [-0.3, -0.25) is 14.3 Å². The van der Waals surface area contributed by atoms with Gasteiger partial charge in [-0.15, -0.1) is 0 Å². The van der Waals surface area contributed by atoms with Crippen LogP contribution < -0.4 is 16.6 Å². The number of aromatic nitrogens is 4. The van der Waals surface area contributed by atoms with Crippen molar-refractivity contribution in [1.29, 1.82) is 0 Å². The summed E-state index contributed by atoms with van der Waals surface area (Å²) in [7, 11) is 1.55. The number of benzene rings is 1. The molecule has 1 unspecified atom stereocenters. The molecule has 0 bridgehead atoms. The van der Waals surface area contributed by atoms with Gasteiger partial charge in [0.05, 0.1) is 12.6 Å². The Balaban J connectivity index is 1.96. The number of hydrogen-bond acceptors (Lipinski definition) is 5. The predicted molar refractivity (Wildman–Crippen MR) is 95.9 cm³/mol. The molecule has 0 fully saturated rings. The van der Waals surface area contributed by atoms with Gasteiger partial charge in [-0.05, 0) is 18.9 Å². The Morgan fingerprint density at radius 3 is 2.68 bits per heavy atom. The van der Waals surface area contributed by atoms with E-state index < -0.39 is 17.4 Å². The molecule has 0 saturated heterocycles. The second kappa shape index (κ2) is 6.94. The van der Waals surface area contributed by atoms with Crippen molar-refractivity contribution in [1.82, 2.24) is 19.1 Å². The molecule has 1 atom stereocenters. The first kappa shape index (κ1) is 17.0. The fourth-order valence-corrected chi connectivity index (χ4v) is 2.77. The van der Waals surface area contributed by atoms with Crippen LogP contribution in [-0.4, -0.2) is 36.9 Å². The van der Waals surface area contributed by atoms with Crippen molar-refractivity contribution in [2.45, 2.75) is 26.0 Å². The Morgan fingerprint density at radius 1 is 1.28 bits per heavy atom. The van der Waals surface area contributed by atoms with E-state index in [0.717, 1.165) is 6.42 Å². The number of hydrogen-bond donors (Lipinski definition) is 3. The lowest BCUT2D eigenvalue weighted by atomic mass is 10.1. The van der Waals surface area contributed by atoms with Crippen LogP contribution in [0.25, 0.3) is 11.2 Å². The zero-order valence-electron chi connectivity index (χ0n) is 14.2. The molecule has 0 radical (unpaired) electrons. The van der Waals surface area contributed by atoms with Crippen LogP contribution in [0.5, 0.6) is 0 Å². The molecule has 8 heteroatoms. The van der Waals surface area contributed by atoms with Gasteiger partial charge in [0, 0.05) is 13.6 Å². The molecule has 132 valence electrons. The van der Waals surface area contributed by atoms with E-state index in [0.29, 0.717) is 12.5 Å². The van der Waals surface area contributed by atoms with Crippen LogP contribution in [0.4, 0.5) is 5.95 Å². The summed E-state index contributed by atoms with van der Waals surface area (Å²) in [6.07, 6.45) is 0.122. The molecule has 1 aromatic carbocycles. The Bertz CT molecular complexity index is 985. The van der Waals surface area contributed by atoms with E-state index in [2.05, 4.69) is 15.3 Å². The SMILES string of the molecule is CC(O)Cn1c(NCCc2ccccc2)nc2c1c(=O)[nH]c(=O)n2C. The number of H-pyrrole nitrogens is 1. The summed E-state index contributed by atoms with van der Waals surface area (Å²) in [5.41, 5.74) is 0.706. The van der Waals surface area contributed by atoms with Crippen molar-refractivity contribution in [3.63, 3.8) is 0 Å². The smallest absolute Gasteiger partial charge is 0.329 e. The number of anilines is 1. The summed E-state index contributed by atoms with van der Waals surface area (Å²) < 4.78 is 2.90. The van der Waals surface area contributed by atoms with E-state index in [1.54, 1.807) is 18.5 Å². The number of nitrogens with one attached hydrogen (secondary N) is 2. The molecule has 8 nitrogen and oxygen atoms in total. The van der Waals surface area contributed by atoms with E-state index in [-0.39, 0.29) is 17.7 Å². The normalized spacial score (nSPS) is 12.4. The topological polar surface area (TPSA) is 105 Å². The largest absolute Gasteiger partial charge is 0.392 e. The molecule has 0 aliphatic carbocycles. The third-order valence-electron chi connectivity index (χ3n) is 3.99. The number of nitrogens with zero attached hydrogens (tertiary/aromatic N) is 3. The van der Waals surface area contributed by atoms with E-state index in [4.69, 9.17) is 0 Å². The minimum atomic E-state index is -0.663. The molecule has 3 N–H and O–H groups in total. The first-order valence-electron chi connectivity index (χ1n) is 8.12. The molecule has 0 aliphatic rings. The minimum Gasteiger partial charge on any atom is -0.392 e. The Hall–Kier alpha value is -2.87. The maximum absolute atomic E-state index is 12.2. The van der Waals surface area contributed by atoms with Crippen LogP contribution in [0.3, 0.4) is 0 Å². The lowest BCUT2D eigenvalue weighted by Crippen LogP contribution is -2.29. The van der Waals surface area contributed by atoms with Crippen LogP contribution in [0, 0.1) is 0 Å². The highest BCUT2D eigenvalue weighted by molar-refractivity contribution is 5.74. The van der Waals surface area contributed by atoms with Gasteiger partial charge in [-0.2, -0.15) is 4.98 Å². The highest BCUT2D eigenvalue weighted by Gasteiger charge is 2.18. The lowest BCUT2D eigenvalue weighted by molar-refractivity contribution is 0.175. The van der Waals surface area contributed by atoms with Crippen molar-refractivity contribution >= 4 is 17.1 Å². The summed E-state index contributed by atoms with van der Waals surface area (Å²) in [5, 5.41) is 13.0. The quantitative estimate of drug-likeness (QED) is 0.603. The molecular formula is C17H21N5O3. The molecule has 0 saturated carbocycles. The zero-order chi connectivity index (χ0) is 18.0. The second-order valence-corrected chi connectivity index (χ2v) is 6.05. The monoisotopic (exact) mass is 343 g/mol. The fourth-order valence-electron chi connectivity index (χ4n) is 2.77. The number of imidazole rings is 1. The number of aliphatic hydroxyl groups is 1. The Kier molecular flexibility index (Phi) is 4.71. The first-order valence-corrected chi connectivity index (χ1v) is 8.12. The number of aromatic amines is 1. The zero-order valence-corrected chi connectivity index (χ0v) is 14.2. The standard InChI is InChI=1S/C17H21N5O3/c1-11(23)10-22-13-14(21(2)17(25)20-15(13)24)19-16(22)18-9-8-12-6-4-3-5-7-12/h3-7,11,23H,8-10H2,1-2H3,(H,18,19)(H,20,24,25). The highest BCUT2D eigenvalue weighted by Crippen LogP contribution is 2.16. The molecule has 3 rings (SSSR count). The maximum Gasteiger partial charge on any atom is 0.329 e. The van der Waals surface area contributed by atoms with Crippen LogP contribution in [0.1, 0.15) is 12.5 Å². The van der Waals surface area contributed by atoms with Gasteiger partial charge in [0.2, 0.25) is 5.95 Å². The van der Waals surface area contributed by atoms with Gasteiger partial charge in [0.1, 0.15) is 0 Å². The van der Waals surface area contributed by atoms with E-state index in [1.165, 1.54) is 10.1 Å². The minimum absolute atomic E-state index is 0.200. The third-order valence-corrected chi connectivity index (χ3v) is 3.99. The molecule has 0 spiro atoms. The van der Waals surface area contributed by atoms with Crippen LogP contribution in [-0.2, 0) is 20.0 Å². The number of rotatable bonds is 6. The number of aryl methyl sites for hydroxylation is 1. The summed E-state index contributed by atoms with van der Waals surface area (Å²) >= 11 is 0. The molecule has 0 aliphatic heterocycles. The molecule has 2 heterocycles. The molecular weight excluding hydrogens is 322 g/mol.